The molecule has 0 saturated carbocycles. The molecule has 124 valence electrons. The Morgan fingerprint density at radius 3 is 2.00 bits per heavy atom. The molecule has 7 heteroatoms. The second-order valence-electron chi connectivity index (χ2n) is 5.13. The summed E-state index contributed by atoms with van der Waals surface area (Å²) < 4.78 is 0. The molecule has 0 aliphatic rings. The zero-order valence-electron chi connectivity index (χ0n) is 12.3. The summed E-state index contributed by atoms with van der Waals surface area (Å²) in [6.07, 6.45) is -3.37. The number of Topliss-reactive ketones (excluding diaryl/α,β-unsaturated/α-hetero) is 2. The van der Waals surface area contributed by atoms with Gasteiger partial charge in [-0.3, -0.25) is 9.59 Å². The van der Waals surface area contributed by atoms with Gasteiger partial charge in [-0.15, -0.1) is 0 Å². The van der Waals surface area contributed by atoms with Crippen LogP contribution in [0, 0.1) is 0 Å². The summed E-state index contributed by atoms with van der Waals surface area (Å²) in [5.74, 6) is -2.01. The smallest absolute Gasteiger partial charge is 0.229 e. The maximum atomic E-state index is 11.6. The first-order valence-corrected chi connectivity index (χ1v) is 7.26. The maximum Gasteiger partial charge on any atom is 0.229 e. The zero-order valence-corrected chi connectivity index (χ0v) is 12.3. The van der Waals surface area contributed by atoms with Gasteiger partial charge >= 0.3 is 0 Å². The topological polar surface area (TPSA) is 135 Å². The SMILES string of the molecule is CCCCCCCC(=O)C(=O)[C@@H](O)[C@@H](O)[C@H](O)[C@H](O)CO. The summed E-state index contributed by atoms with van der Waals surface area (Å²) in [7, 11) is 0. The quantitative estimate of drug-likeness (QED) is 0.228. The van der Waals surface area contributed by atoms with Gasteiger partial charge in [0.25, 0.3) is 0 Å². The van der Waals surface area contributed by atoms with Gasteiger partial charge in [0, 0.05) is 6.42 Å². The van der Waals surface area contributed by atoms with Crippen molar-refractivity contribution in [3.63, 3.8) is 0 Å². The summed E-state index contributed by atoms with van der Waals surface area (Å²) >= 11 is 0. The molecule has 0 spiro atoms. The summed E-state index contributed by atoms with van der Waals surface area (Å²) in [6, 6.07) is 0. The fraction of sp³-hybridized carbons (Fsp3) is 0.857. The molecule has 4 atom stereocenters. The second-order valence-corrected chi connectivity index (χ2v) is 5.13. The van der Waals surface area contributed by atoms with E-state index in [1.165, 1.54) is 0 Å². The molecule has 0 rings (SSSR count). The van der Waals surface area contributed by atoms with E-state index in [1.807, 2.05) is 0 Å². The van der Waals surface area contributed by atoms with Crippen molar-refractivity contribution in [3.8, 4) is 0 Å². The van der Waals surface area contributed by atoms with Crippen molar-refractivity contribution in [3.05, 3.63) is 0 Å². The fourth-order valence-corrected chi connectivity index (χ4v) is 1.85. The highest BCUT2D eigenvalue weighted by Crippen LogP contribution is 2.10. The molecule has 0 aromatic rings. The molecule has 21 heavy (non-hydrogen) atoms. The summed E-state index contributed by atoms with van der Waals surface area (Å²) in [5.41, 5.74) is 0. The van der Waals surface area contributed by atoms with Gasteiger partial charge in [-0.1, -0.05) is 32.6 Å². The molecular formula is C14H26O7. The molecule has 0 amide bonds. The van der Waals surface area contributed by atoms with E-state index in [0.29, 0.717) is 6.42 Å². The van der Waals surface area contributed by atoms with Crippen LogP contribution in [-0.2, 0) is 9.59 Å². The number of aliphatic hydroxyl groups excluding tert-OH is 5. The Labute approximate surface area is 124 Å². The molecule has 0 aliphatic heterocycles. The minimum Gasteiger partial charge on any atom is -0.394 e. The number of hydrogen-bond acceptors (Lipinski definition) is 7. The highest BCUT2D eigenvalue weighted by Gasteiger charge is 2.36. The van der Waals surface area contributed by atoms with Crippen molar-refractivity contribution in [2.45, 2.75) is 69.9 Å². The van der Waals surface area contributed by atoms with Crippen molar-refractivity contribution in [2.24, 2.45) is 0 Å². The molecule has 7 nitrogen and oxygen atoms in total. The summed E-state index contributed by atoms with van der Waals surface area (Å²) in [4.78, 5) is 23.2. The van der Waals surface area contributed by atoms with Gasteiger partial charge in [0.2, 0.25) is 11.6 Å². The largest absolute Gasteiger partial charge is 0.394 e. The van der Waals surface area contributed by atoms with E-state index in [1.54, 1.807) is 0 Å². The molecule has 0 heterocycles. The van der Waals surface area contributed by atoms with Crippen molar-refractivity contribution in [1.29, 1.82) is 0 Å². The Morgan fingerprint density at radius 1 is 0.905 bits per heavy atom. The van der Waals surface area contributed by atoms with Gasteiger partial charge in [-0.25, -0.2) is 0 Å². The Hall–Kier alpha value is -0.860. The molecular weight excluding hydrogens is 280 g/mol. The number of carbonyl (C=O) groups is 2. The molecule has 0 radical (unpaired) electrons. The lowest BCUT2D eigenvalue weighted by Crippen LogP contribution is -2.50. The average Bonchev–Trinajstić information content (AvgIpc) is 2.50. The number of aliphatic hydroxyl groups is 5. The highest BCUT2D eigenvalue weighted by molar-refractivity contribution is 6.38. The molecule has 0 aromatic heterocycles. The van der Waals surface area contributed by atoms with Gasteiger partial charge in [-0.2, -0.15) is 0 Å². The minimum absolute atomic E-state index is 0.0228. The molecule has 0 bridgehead atoms. The molecule has 0 fully saturated rings. The van der Waals surface area contributed by atoms with Crippen LogP contribution in [0.15, 0.2) is 0 Å². The lowest BCUT2D eigenvalue weighted by molar-refractivity contribution is -0.154. The van der Waals surface area contributed by atoms with Crippen LogP contribution < -0.4 is 0 Å². The van der Waals surface area contributed by atoms with E-state index in [9.17, 15) is 24.9 Å². The normalized spacial score (nSPS) is 17.0. The third-order valence-corrected chi connectivity index (χ3v) is 3.31. The first-order valence-electron chi connectivity index (χ1n) is 7.26. The van der Waals surface area contributed by atoms with Gasteiger partial charge in [0.15, 0.2) is 0 Å². The van der Waals surface area contributed by atoms with Crippen LogP contribution in [-0.4, -0.2) is 68.1 Å². The molecule has 0 unspecified atom stereocenters. The van der Waals surface area contributed by atoms with E-state index < -0.39 is 42.6 Å². The van der Waals surface area contributed by atoms with Crippen LogP contribution in [0.25, 0.3) is 0 Å². The fourth-order valence-electron chi connectivity index (χ4n) is 1.85. The van der Waals surface area contributed by atoms with E-state index in [4.69, 9.17) is 10.2 Å². The van der Waals surface area contributed by atoms with Crippen molar-refractivity contribution in [1.82, 2.24) is 0 Å². The molecule has 0 saturated heterocycles. The Balaban J connectivity index is 4.26. The van der Waals surface area contributed by atoms with Crippen molar-refractivity contribution < 1.29 is 35.1 Å². The molecule has 0 aromatic carbocycles. The van der Waals surface area contributed by atoms with E-state index in [0.717, 1.165) is 25.7 Å². The predicted octanol–water partition coefficient (Wildman–Crippen LogP) is -1.08. The van der Waals surface area contributed by atoms with Crippen LogP contribution in [0.4, 0.5) is 0 Å². The maximum absolute atomic E-state index is 11.6. The highest BCUT2D eigenvalue weighted by atomic mass is 16.4. The minimum atomic E-state index is -2.11. The Morgan fingerprint density at radius 2 is 1.48 bits per heavy atom. The Kier molecular flexibility index (Phi) is 10.4. The van der Waals surface area contributed by atoms with Gasteiger partial charge in [0.1, 0.15) is 24.4 Å². The first kappa shape index (κ1) is 20.1. The molecule has 0 aliphatic carbocycles. The lowest BCUT2D eigenvalue weighted by Gasteiger charge is -2.24. The van der Waals surface area contributed by atoms with E-state index >= 15 is 0 Å². The predicted molar refractivity (Wildman–Crippen MR) is 74.5 cm³/mol. The lowest BCUT2D eigenvalue weighted by atomic mass is 9.96. The third kappa shape index (κ3) is 7.10. The summed E-state index contributed by atoms with van der Waals surface area (Å²) in [6.45, 7) is 1.21. The average molecular weight is 306 g/mol. The number of ketones is 2. The van der Waals surface area contributed by atoms with Gasteiger partial charge < -0.3 is 25.5 Å². The number of unbranched alkanes of at least 4 members (excludes halogenated alkanes) is 4. The zero-order chi connectivity index (χ0) is 16.4. The van der Waals surface area contributed by atoms with Crippen LogP contribution in [0.1, 0.15) is 45.4 Å². The third-order valence-electron chi connectivity index (χ3n) is 3.31. The van der Waals surface area contributed by atoms with Crippen molar-refractivity contribution >= 4 is 11.6 Å². The first-order chi connectivity index (χ1) is 9.86. The number of carbonyl (C=O) groups excluding carboxylic acids is 2. The second kappa shape index (κ2) is 10.8. The van der Waals surface area contributed by atoms with E-state index in [2.05, 4.69) is 6.92 Å². The number of rotatable bonds is 12. The van der Waals surface area contributed by atoms with Crippen LogP contribution in [0.3, 0.4) is 0 Å². The standard InChI is InChI=1S/C14H26O7/c1-2-3-4-5-6-7-9(16)11(18)13(20)14(21)12(19)10(17)8-15/h10,12-15,17,19-21H,2-8H2,1H3/t10-,12-,13-,14+/m1/s1. The van der Waals surface area contributed by atoms with E-state index in [-0.39, 0.29) is 6.42 Å². The van der Waals surface area contributed by atoms with Crippen LogP contribution >= 0.6 is 0 Å². The number of hydrogen-bond donors (Lipinski definition) is 5. The summed E-state index contributed by atoms with van der Waals surface area (Å²) in [5, 5.41) is 46.2. The Bertz CT molecular complexity index is 318. The van der Waals surface area contributed by atoms with Crippen LogP contribution in [0.2, 0.25) is 0 Å². The molecule has 5 N–H and O–H groups in total. The monoisotopic (exact) mass is 306 g/mol. The van der Waals surface area contributed by atoms with Crippen molar-refractivity contribution in [2.75, 3.05) is 6.61 Å². The van der Waals surface area contributed by atoms with Gasteiger partial charge in [-0.05, 0) is 6.42 Å². The van der Waals surface area contributed by atoms with Gasteiger partial charge in [0.05, 0.1) is 6.61 Å². The van der Waals surface area contributed by atoms with Crippen LogP contribution in [0.5, 0.6) is 0 Å².